The van der Waals surface area contributed by atoms with E-state index < -0.39 is 5.41 Å². The predicted molar refractivity (Wildman–Crippen MR) is 131 cm³/mol. The molecule has 0 saturated carbocycles. The summed E-state index contributed by atoms with van der Waals surface area (Å²) in [5.74, 6) is 0.729. The summed E-state index contributed by atoms with van der Waals surface area (Å²) < 4.78 is 5.39. The first-order valence-electron chi connectivity index (χ1n) is 11.2. The number of nitrogens with zero attached hydrogens (tertiary/aromatic N) is 1. The molecule has 4 unspecified atom stereocenters. The molecule has 162 valence electrons. The number of hydrogen-bond donors (Lipinski definition) is 1. The van der Waals surface area contributed by atoms with Gasteiger partial charge >= 0.3 is 0 Å². The van der Waals surface area contributed by atoms with Crippen LogP contribution in [-0.2, 0) is 5.41 Å². The van der Waals surface area contributed by atoms with Gasteiger partial charge in [-0.15, -0.1) is 0 Å². The molecule has 4 aromatic rings. The van der Waals surface area contributed by atoms with Gasteiger partial charge in [-0.25, -0.2) is 0 Å². The van der Waals surface area contributed by atoms with Crippen LogP contribution in [0.2, 0.25) is 0 Å². The Morgan fingerprint density at radius 2 is 1.24 bits per heavy atom. The van der Waals surface area contributed by atoms with Crippen molar-refractivity contribution in [2.45, 2.75) is 23.4 Å². The first-order valence-corrected chi connectivity index (χ1v) is 11.2. The summed E-state index contributed by atoms with van der Waals surface area (Å²) in [4.78, 5) is 0. The second-order valence-electron chi connectivity index (χ2n) is 8.50. The number of benzene rings is 4. The highest BCUT2D eigenvalue weighted by Crippen LogP contribution is 2.58. The van der Waals surface area contributed by atoms with Crippen LogP contribution >= 0.6 is 0 Å². The molecule has 4 aromatic carbocycles. The van der Waals surface area contributed by atoms with E-state index in [1.807, 2.05) is 54.6 Å². The van der Waals surface area contributed by atoms with Crippen LogP contribution in [0.25, 0.3) is 0 Å². The molecule has 0 amide bonds. The van der Waals surface area contributed by atoms with Gasteiger partial charge in [-0.05, 0) is 34.4 Å². The first kappa shape index (κ1) is 21.0. The molecule has 1 N–H and O–H groups in total. The smallest absolute Gasteiger partial charge is 0.118 e. The summed E-state index contributed by atoms with van der Waals surface area (Å²) >= 11 is 0. The lowest BCUT2D eigenvalue weighted by Gasteiger charge is -2.35. The molecule has 1 aliphatic rings. The van der Waals surface area contributed by atoms with E-state index in [1.165, 1.54) is 0 Å². The van der Waals surface area contributed by atoms with Gasteiger partial charge in [0.25, 0.3) is 0 Å². The second-order valence-corrected chi connectivity index (χ2v) is 8.50. The molecule has 1 heterocycles. The number of nitrogens with one attached hydrogen (secondary N) is 1. The Kier molecular flexibility index (Phi) is 5.69. The van der Waals surface area contributed by atoms with E-state index in [0.29, 0.717) is 0 Å². The summed E-state index contributed by atoms with van der Waals surface area (Å²) in [5.41, 5.74) is 3.63. The third-order valence-corrected chi connectivity index (χ3v) is 6.83. The largest absolute Gasteiger partial charge is 0.497 e. The van der Waals surface area contributed by atoms with Gasteiger partial charge in [0, 0.05) is 12.0 Å². The van der Waals surface area contributed by atoms with Crippen molar-refractivity contribution < 1.29 is 4.74 Å². The molecule has 33 heavy (non-hydrogen) atoms. The topological polar surface area (TPSA) is 45.0 Å². The molecule has 3 heteroatoms. The van der Waals surface area contributed by atoms with Gasteiger partial charge in [0.15, 0.2) is 0 Å². The number of ether oxygens (including phenoxy) is 1. The Bertz CT molecular complexity index is 1230. The van der Waals surface area contributed by atoms with Crippen molar-refractivity contribution in [3.8, 4) is 11.8 Å². The fourth-order valence-electron chi connectivity index (χ4n) is 5.33. The number of nitriles is 1. The van der Waals surface area contributed by atoms with Crippen molar-refractivity contribution in [3.05, 3.63) is 138 Å². The van der Waals surface area contributed by atoms with Crippen LogP contribution in [0.4, 0.5) is 0 Å². The van der Waals surface area contributed by atoms with Crippen LogP contribution in [0.15, 0.2) is 115 Å². The molecule has 1 saturated heterocycles. The summed E-state index contributed by atoms with van der Waals surface area (Å²) in [6.45, 7) is 0. The lowest BCUT2D eigenvalue weighted by molar-refractivity contribution is 0.414. The molecular formula is C30H26N2O. The van der Waals surface area contributed by atoms with Gasteiger partial charge in [-0.3, -0.25) is 0 Å². The van der Waals surface area contributed by atoms with E-state index in [0.717, 1.165) is 28.0 Å². The zero-order valence-electron chi connectivity index (χ0n) is 18.6. The highest BCUT2D eigenvalue weighted by molar-refractivity contribution is 5.51. The molecule has 0 aliphatic carbocycles. The minimum atomic E-state index is -0.797. The Hall–Kier alpha value is -3.87. The maximum absolute atomic E-state index is 11.0. The summed E-state index contributed by atoms with van der Waals surface area (Å²) in [7, 11) is 1.68. The highest BCUT2D eigenvalue weighted by atomic mass is 16.5. The Labute approximate surface area is 195 Å². The van der Waals surface area contributed by atoms with Crippen LogP contribution in [0, 0.1) is 11.3 Å². The third-order valence-electron chi connectivity index (χ3n) is 6.83. The summed E-state index contributed by atoms with van der Waals surface area (Å²) in [5, 5.41) is 14.9. The number of methoxy groups -OCH3 is 1. The molecule has 0 bridgehead atoms. The molecule has 0 aromatic heterocycles. The molecular weight excluding hydrogens is 404 g/mol. The maximum atomic E-state index is 11.0. The van der Waals surface area contributed by atoms with Crippen LogP contribution in [-0.4, -0.2) is 7.11 Å². The van der Waals surface area contributed by atoms with Crippen LogP contribution in [0.3, 0.4) is 0 Å². The molecule has 4 atom stereocenters. The Morgan fingerprint density at radius 1 is 0.697 bits per heavy atom. The van der Waals surface area contributed by atoms with Gasteiger partial charge in [0.2, 0.25) is 0 Å². The zero-order valence-corrected chi connectivity index (χ0v) is 18.6. The van der Waals surface area contributed by atoms with Crippen molar-refractivity contribution in [2.24, 2.45) is 0 Å². The van der Waals surface area contributed by atoms with Gasteiger partial charge in [-0.2, -0.15) is 5.26 Å². The maximum Gasteiger partial charge on any atom is 0.118 e. The molecule has 1 fully saturated rings. The van der Waals surface area contributed by atoms with E-state index in [9.17, 15) is 5.26 Å². The summed E-state index contributed by atoms with van der Waals surface area (Å²) in [6, 6.07) is 41.8. The van der Waals surface area contributed by atoms with Crippen molar-refractivity contribution in [2.75, 3.05) is 7.11 Å². The minimum Gasteiger partial charge on any atom is -0.497 e. The third kappa shape index (κ3) is 3.59. The van der Waals surface area contributed by atoms with E-state index in [2.05, 4.69) is 72.0 Å². The van der Waals surface area contributed by atoms with Crippen LogP contribution in [0.5, 0.6) is 5.75 Å². The first-order chi connectivity index (χ1) is 16.3. The average molecular weight is 431 g/mol. The number of rotatable bonds is 5. The lowest BCUT2D eigenvalue weighted by atomic mass is 9.63. The quantitative estimate of drug-likeness (QED) is 0.403. The molecule has 1 aliphatic heterocycles. The average Bonchev–Trinajstić information content (AvgIpc) is 3.26. The van der Waals surface area contributed by atoms with Crippen LogP contribution < -0.4 is 10.1 Å². The SMILES string of the molecule is COc1ccc(C2NC(c3ccccc3)C(C#N)(c3ccccc3)C2c2ccccc2)cc1. The van der Waals surface area contributed by atoms with Crippen molar-refractivity contribution in [3.63, 3.8) is 0 Å². The fraction of sp³-hybridized carbons (Fsp3) is 0.167. The monoisotopic (exact) mass is 430 g/mol. The minimum absolute atomic E-state index is 0.0524. The molecule has 3 nitrogen and oxygen atoms in total. The Morgan fingerprint density at radius 3 is 1.79 bits per heavy atom. The van der Waals surface area contributed by atoms with Gasteiger partial charge in [0.05, 0.1) is 19.2 Å². The normalized spacial score (nSPS) is 24.2. The highest BCUT2D eigenvalue weighted by Gasteiger charge is 2.57. The van der Waals surface area contributed by atoms with Gasteiger partial charge in [0.1, 0.15) is 11.2 Å². The lowest BCUT2D eigenvalue weighted by Crippen LogP contribution is -2.35. The molecule has 0 radical (unpaired) electrons. The number of hydrogen-bond acceptors (Lipinski definition) is 3. The standard InChI is InChI=1S/C30H26N2O/c1-33-26-19-17-23(18-20-26)28-27(22-11-5-2-6-12-22)30(21-31,25-15-9-4-10-16-25)29(32-28)24-13-7-3-8-14-24/h2-20,27-29,32H,1H3. The second kappa shape index (κ2) is 8.94. The van der Waals surface area contributed by atoms with E-state index in [-0.39, 0.29) is 18.0 Å². The van der Waals surface area contributed by atoms with Crippen LogP contribution in [0.1, 0.15) is 40.3 Å². The van der Waals surface area contributed by atoms with Gasteiger partial charge < -0.3 is 10.1 Å². The van der Waals surface area contributed by atoms with Crippen molar-refractivity contribution in [1.29, 1.82) is 5.26 Å². The zero-order chi connectivity index (χ0) is 22.7. The molecule has 5 rings (SSSR count). The van der Waals surface area contributed by atoms with E-state index in [4.69, 9.17) is 4.74 Å². The van der Waals surface area contributed by atoms with Gasteiger partial charge in [-0.1, -0.05) is 103 Å². The summed E-state index contributed by atoms with van der Waals surface area (Å²) in [6.07, 6.45) is 0. The predicted octanol–water partition coefficient (Wildman–Crippen LogP) is 6.33. The van der Waals surface area contributed by atoms with E-state index >= 15 is 0 Å². The van der Waals surface area contributed by atoms with Crippen molar-refractivity contribution in [1.82, 2.24) is 5.32 Å². The fourth-order valence-corrected chi connectivity index (χ4v) is 5.33. The van der Waals surface area contributed by atoms with Crippen molar-refractivity contribution >= 4 is 0 Å². The molecule has 0 spiro atoms. The van der Waals surface area contributed by atoms with E-state index in [1.54, 1.807) is 7.11 Å². The Balaban J connectivity index is 1.76.